The Morgan fingerprint density at radius 2 is 2.10 bits per heavy atom. The molecule has 1 saturated carbocycles. The van der Waals surface area contributed by atoms with E-state index in [1.54, 1.807) is 11.3 Å². The summed E-state index contributed by atoms with van der Waals surface area (Å²) in [5, 5.41) is 8.18. The van der Waals surface area contributed by atoms with E-state index in [-0.39, 0.29) is 5.92 Å². The lowest BCUT2D eigenvalue weighted by molar-refractivity contribution is -0.138. The summed E-state index contributed by atoms with van der Waals surface area (Å²) in [6.07, 6.45) is 11.6. The van der Waals surface area contributed by atoms with Crippen molar-refractivity contribution in [2.75, 3.05) is 13.1 Å². The molecule has 2 aromatic rings. The quantitative estimate of drug-likeness (QED) is 0.593. The third-order valence-electron chi connectivity index (χ3n) is 6.70. The van der Waals surface area contributed by atoms with Crippen LogP contribution in [0.15, 0.2) is 21.3 Å². The highest BCUT2D eigenvalue weighted by Gasteiger charge is 2.32. The third kappa shape index (κ3) is 5.27. The molecule has 1 unspecified atom stereocenters. The molecule has 0 N–H and O–H groups in total. The van der Waals surface area contributed by atoms with E-state index in [1.807, 2.05) is 16.8 Å². The Labute approximate surface area is 177 Å². The number of aromatic nitrogens is 2. The zero-order valence-electron chi connectivity index (χ0n) is 17.5. The Hall–Kier alpha value is -1.69. The SMILES string of the molecule is CCCCC1CCC(C(=O)N2CCCC(Cc3nc(-c4ccsc4)no3)C2)CC1. The van der Waals surface area contributed by atoms with Gasteiger partial charge in [0.05, 0.1) is 0 Å². The maximum Gasteiger partial charge on any atom is 0.227 e. The molecule has 2 aromatic heterocycles. The molecule has 158 valence electrons. The molecule has 0 spiro atoms. The van der Waals surface area contributed by atoms with Crippen molar-refractivity contribution in [3.05, 3.63) is 22.7 Å². The van der Waals surface area contributed by atoms with Crippen molar-refractivity contribution in [2.24, 2.45) is 17.8 Å². The summed E-state index contributed by atoms with van der Waals surface area (Å²) in [5.41, 5.74) is 1.01. The zero-order chi connectivity index (χ0) is 20.1. The van der Waals surface area contributed by atoms with Gasteiger partial charge in [0.15, 0.2) is 0 Å². The number of amides is 1. The Balaban J connectivity index is 1.28. The van der Waals surface area contributed by atoms with Gasteiger partial charge in [0.2, 0.25) is 17.6 Å². The highest BCUT2D eigenvalue weighted by Crippen LogP contribution is 2.34. The lowest BCUT2D eigenvalue weighted by Crippen LogP contribution is -2.44. The molecule has 5 nitrogen and oxygen atoms in total. The van der Waals surface area contributed by atoms with Crippen molar-refractivity contribution in [2.45, 2.75) is 71.1 Å². The number of carbonyl (C=O) groups is 1. The topological polar surface area (TPSA) is 59.2 Å². The second-order valence-corrected chi connectivity index (χ2v) is 9.66. The summed E-state index contributed by atoms with van der Waals surface area (Å²) in [5.74, 6) is 3.28. The molecule has 0 radical (unpaired) electrons. The summed E-state index contributed by atoms with van der Waals surface area (Å²) in [6.45, 7) is 4.01. The summed E-state index contributed by atoms with van der Waals surface area (Å²) < 4.78 is 5.49. The normalized spacial score (nSPS) is 25.3. The number of piperidine rings is 1. The molecular weight excluding hydrogens is 382 g/mol. The molecule has 2 fully saturated rings. The first-order valence-electron chi connectivity index (χ1n) is 11.4. The van der Waals surface area contributed by atoms with Crippen LogP contribution in [0, 0.1) is 17.8 Å². The molecule has 3 heterocycles. The van der Waals surface area contributed by atoms with Crippen LogP contribution in [0.25, 0.3) is 11.4 Å². The van der Waals surface area contributed by atoms with Crippen LogP contribution in [-0.2, 0) is 11.2 Å². The second kappa shape index (κ2) is 9.88. The minimum atomic E-state index is 0.250. The Morgan fingerprint density at radius 1 is 1.24 bits per heavy atom. The number of nitrogens with zero attached hydrogens (tertiary/aromatic N) is 3. The van der Waals surface area contributed by atoms with E-state index in [2.05, 4.69) is 22.0 Å². The van der Waals surface area contributed by atoms with E-state index in [4.69, 9.17) is 4.52 Å². The molecule has 1 aliphatic carbocycles. The van der Waals surface area contributed by atoms with Crippen molar-refractivity contribution >= 4 is 17.2 Å². The maximum absolute atomic E-state index is 13.1. The molecule has 6 heteroatoms. The second-order valence-electron chi connectivity index (χ2n) is 8.88. The maximum atomic E-state index is 13.1. The van der Waals surface area contributed by atoms with Crippen molar-refractivity contribution < 1.29 is 9.32 Å². The molecule has 0 bridgehead atoms. The van der Waals surface area contributed by atoms with Gasteiger partial charge < -0.3 is 9.42 Å². The van der Waals surface area contributed by atoms with Gasteiger partial charge in [-0.15, -0.1) is 0 Å². The van der Waals surface area contributed by atoms with E-state index in [1.165, 1.54) is 32.1 Å². The van der Waals surface area contributed by atoms with Gasteiger partial charge in [0.25, 0.3) is 0 Å². The lowest BCUT2D eigenvalue weighted by atomic mass is 9.79. The minimum Gasteiger partial charge on any atom is -0.342 e. The highest BCUT2D eigenvalue weighted by atomic mass is 32.1. The van der Waals surface area contributed by atoms with Crippen LogP contribution in [0.4, 0.5) is 0 Å². The molecule has 1 amide bonds. The smallest absolute Gasteiger partial charge is 0.227 e. The number of unbranched alkanes of at least 4 members (excludes halogenated alkanes) is 1. The van der Waals surface area contributed by atoms with Crippen LogP contribution in [0.3, 0.4) is 0 Å². The van der Waals surface area contributed by atoms with Crippen molar-refractivity contribution in [3.8, 4) is 11.4 Å². The summed E-state index contributed by atoms with van der Waals surface area (Å²) in [6, 6.07) is 2.01. The predicted molar refractivity (Wildman–Crippen MR) is 116 cm³/mol. The zero-order valence-corrected chi connectivity index (χ0v) is 18.3. The van der Waals surface area contributed by atoms with E-state index in [0.29, 0.717) is 23.5 Å². The van der Waals surface area contributed by atoms with Gasteiger partial charge in [-0.25, -0.2) is 0 Å². The number of rotatable bonds is 7. The van der Waals surface area contributed by atoms with Gasteiger partial charge in [0.1, 0.15) is 0 Å². The molecule has 1 aliphatic heterocycles. The fourth-order valence-corrected chi connectivity index (χ4v) is 5.61. The molecule has 1 atom stereocenters. The van der Waals surface area contributed by atoms with Gasteiger partial charge in [-0.3, -0.25) is 4.79 Å². The van der Waals surface area contributed by atoms with Crippen LogP contribution in [0.2, 0.25) is 0 Å². The highest BCUT2D eigenvalue weighted by molar-refractivity contribution is 7.08. The van der Waals surface area contributed by atoms with Crippen LogP contribution < -0.4 is 0 Å². The standard InChI is InChI=1S/C23H33N3O2S/c1-2-3-5-17-7-9-19(10-8-17)23(27)26-12-4-6-18(15-26)14-21-24-22(25-28-21)20-11-13-29-16-20/h11,13,16-19H,2-10,12,14-15H2,1H3. The molecule has 2 aliphatic rings. The van der Waals surface area contributed by atoms with Crippen LogP contribution in [0.1, 0.15) is 70.6 Å². The molecular formula is C23H33N3O2S. The lowest BCUT2D eigenvalue weighted by Gasteiger charge is -2.36. The largest absolute Gasteiger partial charge is 0.342 e. The molecule has 4 rings (SSSR count). The van der Waals surface area contributed by atoms with Gasteiger partial charge in [0, 0.05) is 36.4 Å². The van der Waals surface area contributed by atoms with Gasteiger partial charge in [-0.2, -0.15) is 16.3 Å². The van der Waals surface area contributed by atoms with Crippen molar-refractivity contribution in [1.29, 1.82) is 0 Å². The molecule has 29 heavy (non-hydrogen) atoms. The number of hydrogen-bond acceptors (Lipinski definition) is 5. The Kier molecular flexibility index (Phi) is 7.01. The number of carbonyl (C=O) groups excluding carboxylic acids is 1. The van der Waals surface area contributed by atoms with Gasteiger partial charge in [-0.05, 0) is 61.8 Å². The predicted octanol–water partition coefficient (Wildman–Crippen LogP) is 5.58. The van der Waals surface area contributed by atoms with Crippen LogP contribution in [-0.4, -0.2) is 34.0 Å². The molecule has 0 aromatic carbocycles. The summed E-state index contributed by atoms with van der Waals surface area (Å²) in [4.78, 5) is 19.8. The summed E-state index contributed by atoms with van der Waals surface area (Å²) >= 11 is 1.63. The first-order chi connectivity index (χ1) is 14.2. The monoisotopic (exact) mass is 415 g/mol. The number of thiophene rings is 1. The summed E-state index contributed by atoms with van der Waals surface area (Å²) in [7, 11) is 0. The van der Waals surface area contributed by atoms with E-state index in [0.717, 1.165) is 56.7 Å². The number of likely N-dealkylation sites (tertiary alicyclic amines) is 1. The average Bonchev–Trinajstić information content (AvgIpc) is 3.44. The fourth-order valence-electron chi connectivity index (χ4n) is 4.97. The van der Waals surface area contributed by atoms with Crippen molar-refractivity contribution in [1.82, 2.24) is 15.0 Å². The Bertz CT molecular complexity index is 765. The van der Waals surface area contributed by atoms with Crippen LogP contribution >= 0.6 is 11.3 Å². The average molecular weight is 416 g/mol. The number of hydrogen-bond donors (Lipinski definition) is 0. The fraction of sp³-hybridized carbons (Fsp3) is 0.696. The van der Waals surface area contributed by atoms with Gasteiger partial charge >= 0.3 is 0 Å². The molecule has 1 saturated heterocycles. The Morgan fingerprint density at radius 3 is 2.86 bits per heavy atom. The minimum absolute atomic E-state index is 0.250. The first kappa shape index (κ1) is 20.6. The van der Waals surface area contributed by atoms with Crippen LogP contribution in [0.5, 0.6) is 0 Å². The third-order valence-corrected chi connectivity index (χ3v) is 7.39. The first-order valence-corrected chi connectivity index (χ1v) is 12.3. The van der Waals surface area contributed by atoms with E-state index < -0.39 is 0 Å². The van der Waals surface area contributed by atoms with E-state index in [9.17, 15) is 4.79 Å². The van der Waals surface area contributed by atoms with Crippen molar-refractivity contribution in [3.63, 3.8) is 0 Å². The van der Waals surface area contributed by atoms with E-state index >= 15 is 0 Å². The van der Waals surface area contributed by atoms with Gasteiger partial charge in [-0.1, -0.05) is 31.3 Å².